The maximum absolute atomic E-state index is 11.8. The fraction of sp³-hybridized carbons (Fsp3) is 0. The first-order valence-corrected chi connectivity index (χ1v) is 11.1. The molecule has 0 bridgehead atoms. The number of non-ortho nitro benzene ring substituents is 1. The molecular weight excluding hydrogens is 511 g/mol. The Balaban J connectivity index is 0.00000408. The largest absolute Gasteiger partial charge is 1.00 e. The van der Waals surface area contributed by atoms with E-state index < -0.39 is 68.4 Å². The molecule has 3 aromatic carbocycles. The van der Waals surface area contributed by atoms with Gasteiger partial charge in [-0.2, -0.15) is 8.42 Å². The van der Waals surface area contributed by atoms with Crippen LogP contribution in [-0.2, 0) is 20.2 Å². The Morgan fingerprint density at radius 3 is 2.06 bits per heavy atom. The van der Waals surface area contributed by atoms with Gasteiger partial charge in [0, 0.05) is 11.5 Å². The first kappa shape index (κ1) is 27.2. The Labute approximate surface area is 211 Å². The third-order valence-corrected chi connectivity index (χ3v) is 5.91. The molecule has 2 N–H and O–H groups in total. The van der Waals surface area contributed by atoms with Crippen molar-refractivity contribution >= 4 is 53.8 Å². The van der Waals surface area contributed by atoms with Gasteiger partial charge in [0.1, 0.15) is 20.7 Å². The van der Waals surface area contributed by atoms with Gasteiger partial charge in [0.25, 0.3) is 15.8 Å². The van der Waals surface area contributed by atoms with Gasteiger partial charge in [-0.15, -0.1) is 10.2 Å². The fourth-order valence-electron chi connectivity index (χ4n) is 2.74. The number of benzene rings is 3. The molecule has 0 radical (unpaired) electrons. The molecule has 0 aliphatic heterocycles. The predicted octanol–water partition coefficient (Wildman–Crippen LogP) is -0.0680. The van der Waals surface area contributed by atoms with Gasteiger partial charge in [-0.3, -0.25) is 24.8 Å². The van der Waals surface area contributed by atoms with Crippen LogP contribution in [-0.4, -0.2) is 40.9 Å². The number of nitrogens with zero attached hydrogens (tertiary/aromatic N) is 4. The summed E-state index contributed by atoms with van der Waals surface area (Å²) in [5, 5.41) is 39.0. The minimum absolute atomic E-state index is 0. The van der Waals surface area contributed by atoms with Crippen LogP contribution in [0.2, 0.25) is 0 Å². The standard InChI is InChI=1S/C16H10N4O11S2.Na/c21-16-11-3-2-10(32(26,27)28)5-8(11)6-14(33(29,30)31)15(16)18-17-12-4-1-9(19(22)23)7-13(12)20(24)25;/h1-7,21H,(H,26,27,28)(H,29,30,31);/q;+1/p-1. The average molecular weight is 520 g/mol. The molecule has 34 heavy (non-hydrogen) atoms. The first-order valence-electron chi connectivity index (χ1n) is 8.28. The molecule has 172 valence electrons. The molecule has 0 aliphatic rings. The monoisotopic (exact) mass is 520 g/mol. The number of fused-ring (bicyclic) bond motifs is 1. The number of rotatable bonds is 6. The molecule has 0 fully saturated rings. The molecule has 0 saturated heterocycles. The number of nitro groups is 2. The average Bonchev–Trinajstić information content (AvgIpc) is 2.70. The third kappa shape index (κ3) is 5.53. The van der Waals surface area contributed by atoms with Crippen LogP contribution in [0.4, 0.5) is 22.7 Å². The molecular formula is C16H9N4NaO11S2. The molecule has 0 saturated carbocycles. The van der Waals surface area contributed by atoms with Gasteiger partial charge in [0.2, 0.25) is 0 Å². The van der Waals surface area contributed by atoms with Crippen LogP contribution in [0.5, 0.6) is 5.75 Å². The van der Waals surface area contributed by atoms with E-state index in [1.807, 2.05) is 0 Å². The summed E-state index contributed by atoms with van der Waals surface area (Å²) in [4.78, 5) is 18.3. The zero-order chi connectivity index (χ0) is 24.7. The Kier molecular flexibility index (Phi) is 7.73. The van der Waals surface area contributed by atoms with Crippen LogP contribution in [0, 0.1) is 20.2 Å². The SMILES string of the molecule is O=[N+]([O-])c1ccc(N=Nc2c(S(=O)(=O)O)cc3cc(S(=O)(=O)[O-])ccc3c2O)c([N+](=O)[O-])c1.[Na+]. The second kappa shape index (κ2) is 9.66. The molecule has 0 aromatic heterocycles. The van der Waals surface area contributed by atoms with E-state index >= 15 is 0 Å². The summed E-state index contributed by atoms with van der Waals surface area (Å²) in [6.07, 6.45) is 0. The van der Waals surface area contributed by atoms with Gasteiger partial charge >= 0.3 is 35.2 Å². The van der Waals surface area contributed by atoms with E-state index in [9.17, 15) is 51.3 Å². The van der Waals surface area contributed by atoms with E-state index in [4.69, 9.17) is 0 Å². The molecule has 0 spiro atoms. The molecule has 3 rings (SSSR count). The van der Waals surface area contributed by atoms with Crippen LogP contribution >= 0.6 is 0 Å². The van der Waals surface area contributed by atoms with Crippen LogP contribution in [0.3, 0.4) is 0 Å². The molecule has 0 heterocycles. The Bertz CT molecular complexity index is 1590. The van der Waals surface area contributed by atoms with Gasteiger partial charge in [-0.25, -0.2) is 8.42 Å². The summed E-state index contributed by atoms with van der Waals surface area (Å²) >= 11 is 0. The number of aromatic hydroxyl groups is 1. The number of azo groups is 1. The van der Waals surface area contributed by atoms with Crippen molar-refractivity contribution in [2.75, 3.05) is 0 Å². The quantitative estimate of drug-likeness (QED) is 0.143. The van der Waals surface area contributed by atoms with E-state index in [-0.39, 0.29) is 40.3 Å². The zero-order valence-corrected chi connectivity index (χ0v) is 20.3. The Morgan fingerprint density at radius 1 is 0.882 bits per heavy atom. The van der Waals surface area contributed by atoms with Crippen molar-refractivity contribution in [3.8, 4) is 5.75 Å². The van der Waals surface area contributed by atoms with Gasteiger partial charge in [-0.1, -0.05) is 0 Å². The van der Waals surface area contributed by atoms with Crippen molar-refractivity contribution in [3.63, 3.8) is 0 Å². The predicted molar refractivity (Wildman–Crippen MR) is 107 cm³/mol. The van der Waals surface area contributed by atoms with Gasteiger partial charge in [0.15, 0.2) is 11.4 Å². The number of hydrogen-bond acceptors (Lipinski definition) is 12. The third-order valence-electron chi connectivity index (χ3n) is 4.21. The van der Waals surface area contributed by atoms with Crippen molar-refractivity contribution in [2.45, 2.75) is 9.79 Å². The van der Waals surface area contributed by atoms with E-state index in [0.29, 0.717) is 12.1 Å². The van der Waals surface area contributed by atoms with Crippen LogP contribution < -0.4 is 29.6 Å². The molecule has 3 aromatic rings. The van der Waals surface area contributed by atoms with E-state index in [1.165, 1.54) is 0 Å². The summed E-state index contributed by atoms with van der Waals surface area (Å²) in [5.41, 5.74) is -2.89. The molecule has 0 atom stereocenters. The zero-order valence-electron chi connectivity index (χ0n) is 16.7. The fourth-order valence-corrected chi connectivity index (χ4v) is 3.90. The summed E-state index contributed by atoms with van der Waals surface area (Å²) < 4.78 is 66.8. The van der Waals surface area contributed by atoms with Crippen molar-refractivity contribution in [1.82, 2.24) is 0 Å². The summed E-state index contributed by atoms with van der Waals surface area (Å²) in [6.45, 7) is 0. The van der Waals surface area contributed by atoms with Gasteiger partial charge in [0.05, 0.1) is 20.8 Å². The van der Waals surface area contributed by atoms with E-state index in [0.717, 1.165) is 30.3 Å². The van der Waals surface area contributed by atoms with Crippen molar-refractivity contribution < 1.29 is 70.5 Å². The first-order chi connectivity index (χ1) is 15.2. The maximum Gasteiger partial charge on any atom is 1.00 e. The van der Waals surface area contributed by atoms with Gasteiger partial charge in [-0.05, 0) is 35.7 Å². The maximum atomic E-state index is 11.8. The molecule has 0 aliphatic carbocycles. The summed E-state index contributed by atoms with van der Waals surface area (Å²) in [6, 6.07) is 5.58. The van der Waals surface area contributed by atoms with Crippen molar-refractivity contribution in [1.29, 1.82) is 0 Å². The second-order valence-corrected chi connectivity index (χ2v) is 9.04. The molecule has 0 amide bonds. The normalized spacial score (nSPS) is 11.9. The van der Waals surface area contributed by atoms with Crippen LogP contribution in [0.25, 0.3) is 10.8 Å². The topological polar surface area (TPSA) is 243 Å². The summed E-state index contributed by atoms with van der Waals surface area (Å²) in [5.74, 6) is -0.914. The van der Waals surface area contributed by atoms with Crippen molar-refractivity contribution in [3.05, 3.63) is 62.7 Å². The summed E-state index contributed by atoms with van der Waals surface area (Å²) in [7, 11) is -10.0. The Morgan fingerprint density at radius 2 is 1.53 bits per heavy atom. The molecule has 0 unspecified atom stereocenters. The number of phenolic OH excluding ortho intramolecular Hbond substituents is 1. The van der Waals surface area contributed by atoms with Crippen LogP contribution in [0.1, 0.15) is 0 Å². The van der Waals surface area contributed by atoms with Crippen LogP contribution in [0.15, 0.2) is 62.5 Å². The van der Waals surface area contributed by atoms with Crippen molar-refractivity contribution in [2.24, 2.45) is 10.2 Å². The van der Waals surface area contributed by atoms with E-state index in [2.05, 4.69) is 10.2 Å². The smallest absolute Gasteiger partial charge is 0.744 e. The minimum Gasteiger partial charge on any atom is -0.744 e. The second-order valence-electron chi connectivity index (χ2n) is 6.27. The Hall–Kier alpha value is -3.06. The van der Waals surface area contributed by atoms with E-state index in [1.54, 1.807) is 0 Å². The minimum atomic E-state index is -5.11. The van der Waals surface area contributed by atoms with Gasteiger partial charge < -0.3 is 9.66 Å². The number of hydrogen-bond donors (Lipinski definition) is 2. The molecule has 18 heteroatoms. The molecule has 15 nitrogen and oxygen atoms in total. The number of nitro benzene ring substituents is 2. The number of phenols is 1.